The zero-order valence-corrected chi connectivity index (χ0v) is 15.7. The van der Waals surface area contributed by atoms with Crippen molar-refractivity contribution in [3.63, 3.8) is 0 Å². The van der Waals surface area contributed by atoms with E-state index in [2.05, 4.69) is 21.9 Å². The van der Waals surface area contributed by atoms with E-state index in [1.807, 2.05) is 13.0 Å². The van der Waals surface area contributed by atoms with Gasteiger partial charge in [-0.25, -0.2) is 0 Å². The van der Waals surface area contributed by atoms with Crippen LogP contribution in [0.3, 0.4) is 0 Å². The van der Waals surface area contributed by atoms with E-state index in [9.17, 15) is 4.79 Å². The molecule has 1 aromatic carbocycles. The molecule has 2 heterocycles. The Labute approximate surface area is 150 Å². The van der Waals surface area contributed by atoms with Crippen molar-refractivity contribution < 1.29 is 14.3 Å². The van der Waals surface area contributed by atoms with Crippen molar-refractivity contribution in [1.29, 1.82) is 0 Å². The third kappa shape index (κ3) is 3.92. The molecule has 0 aliphatic carbocycles. The molecule has 0 spiro atoms. The lowest BCUT2D eigenvalue weighted by Crippen LogP contribution is -2.44. The number of carbonyl (C=O) groups excluding carboxylic acids is 1. The molecule has 0 saturated carbocycles. The predicted molar refractivity (Wildman–Crippen MR) is 98.0 cm³/mol. The van der Waals surface area contributed by atoms with Gasteiger partial charge in [0.25, 0.3) is 0 Å². The van der Waals surface area contributed by atoms with E-state index >= 15 is 0 Å². The number of carbonyl (C=O) groups is 1. The van der Waals surface area contributed by atoms with Crippen LogP contribution in [0.2, 0.25) is 0 Å². The molecule has 2 fully saturated rings. The zero-order chi connectivity index (χ0) is 17.8. The minimum Gasteiger partial charge on any atom is -0.493 e. The lowest BCUT2D eigenvalue weighted by atomic mass is 10.0. The first-order valence-electron chi connectivity index (χ1n) is 9.45. The molecule has 2 aliphatic heterocycles. The number of rotatable bonds is 5. The lowest BCUT2D eigenvalue weighted by Gasteiger charge is -2.33. The van der Waals surface area contributed by atoms with Crippen LogP contribution in [0.25, 0.3) is 0 Å². The predicted octanol–water partition coefficient (Wildman–Crippen LogP) is 3.07. The van der Waals surface area contributed by atoms with Crippen molar-refractivity contribution in [3.05, 3.63) is 23.8 Å². The molecule has 25 heavy (non-hydrogen) atoms. The molecule has 2 saturated heterocycles. The summed E-state index contributed by atoms with van der Waals surface area (Å²) in [7, 11) is 1.69. The Morgan fingerprint density at radius 2 is 2.00 bits per heavy atom. The molecule has 5 nitrogen and oxygen atoms in total. The molecule has 2 atom stereocenters. The van der Waals surface area contributed by atoms with Gasteiger partial charge in [0, 0.05) is 32.1 Å². The molecule has 0 N–H and O–H groups in total. The molecule has 1 aromatic rings. The monoisotopic (exact) mass is 346 g/mol. The maximum Gasteiger partial charge on any atom is 0.219 e. The highest BCUT2D eigenvalue weighted by atomic mass is 16.5. The van der Waals surface area contributed by atoms with Gasteiger partial charge in [0.15, 0.2) is 11.5 Å². The normalized spacial score (nSPS) is 23.9. The Morgan fingerprint density at radius 3 is 2.72 bits per heavy atom. The summed E-state index contributed by atoms with van der Waals surface area (Å²) in [4.78, 5) is 16.6. The van der Waals surface area contributed by atoms with Crippen LogP contribution in [0, 0.1) is 0 Å². The Balaban J connectivity index is 1.76. The lowest BCUT2D eigenvalue weighted by molar-refractivity contribution is -0.130. The van der Waals surface area contributed by atoms with Gasteiger partial charge in [0.05, 0.1) is 13.7 Å². The summed E-state index contributed by atoms with van der Waals surface area (Å²) >= 11 is 0. The number of ether oxygens (including phenoxy) is 2. The van der Waals surface area contributed by atoms with Crippen LogP contribution in [0.4, 0.5) is 0 Å². The van der Waals surface area contributed by atoms with Gasteiger partial charge in [-0.05, 0) is 50.4 Å². The third-order valence-electron chi connectivity index (χ3n) is 5.49. The van der Waals surface area contributed by atoms with E-state index in [1.165, 1.54) is 18.4 Å². The van der Waals surface area contributed by atoms with Crippen LogP contribution in [0.5, 0.6) is 11.5 Å². The number of hydrogen-bond acceptors (Lipinski definition) is 4. The highest BCUT2D eigenvalue weighted by Gasteiger charge is 2.39. The molecule has 138 valence electrons. The average Bonchev–Trinajstić information content (AvgIpc) is 2.93. The molecule has 5 heteroatoms. The molecule has 0 bridgehead atoms. The number of likely N-dealkylation sites (tertiary alicyclic amines) is 2. The zero-order valence-electron chi connectivity index (χ0n) is 15.7. The number of methoxy groups -OCH3 is 1. The van der Waals surface area contributed by atoms with Crippen LogP contribution in [-0.2, 0) is 11.3 Å². The van der Waals surface area contributed by atoms with Gasteiger partial charge in [-0.2, -0.15) is 0 Å². The van der Waals surface area contributed by atoms with Crippen LogP contribution >= 0.6 is 0 Å². The standard InChI is InChI=1S/C20H30N2O3/c1-4-25-19-9-8-16(13-20(19)24-3)14-21-11-6-5-7-18-17(21)10-12-22(18)15(2)23/h8-9,13,17-18H,4-7,10-12,14H2,1-3H3/t17-,18-/m1/s1. The van der Waals surface area contributed by atoms with E-state index in [0.717, 1.165) is 44.0 Å². The molecule has 1 amide bonds. The van der Waals surface area contributed by atoms with E-state index < -0.39 is 0 Å². The van der Waals surface area contributed by atoms with Crippen LogP contribution in [0.15, 0.2) is 18.2 Å². The fraction of sp³-hybridized carbons (Fsp3) is 0.650. The molecule has 3 rings (SSSR count). The molecule has 0 unspecified atom stereocenters. The average molecular weight is 346 g/mol. The largest absolute Gasteiger partial charge is 0.493 e. The summed E-state index contributed by atoms with van der Waals surface area (Å²) in [5, 5.41) is 0. The SMILES string of the molecule is CCOc1ccc(CN2CCCC[C@@H]3[C@H]2CCN3C(C)=O)cc1OC. The molecular weight excluding hydrogens is 316 g/mol. The maximum atomic E-state index is 11.9. The second-order valence-electron chi connectivity index (χ2n) is 7.02. The smallest absolute Gasteiger partial charge is 0.219 e. The van der Waals surface area contributed by atoms with Crippen molar-refractivity contribution in [1.82, 2.24) is 9.80 Å². The topological polar surface area (TPSA) is 42.0 Å². The summed E-state index contributed by atoms with van der Waals surface area (Å²) in [5.74, 6) is 1.81. The van der Waals surface area contributed by atoms with E-state index in [0.29, 0.717) is 18.7 Å². The minimum absolute atomic E-state index is 0.220. The molecule has 0 radical (unpaired) electrons. The quantitative estimate of drug-likeness (QED) is 0.822. The fourth-order valence-corrected chi connectivity index (χ4v) is 4.35. The number of nitrogens with zero attached hydrogens (tertiary/aromatic N) is 2. The van der Waals surface area contributed by atoms with Crippen LogP contribution in [-0.4, -0.2) is 54.6 Å². The Bertz CT molecular complexity index is 605. The first-order valence-corrected chi connectivity index (χ1v) is 9.45. The summed E-state index contributed by atoms with van der Waals surface area (Å²) in [6, 6.07) is 7.07. The summed E-state index contributed by atoms with van der Waals surface area (Å²) in [5.41, 5.74) is 1.24. The highest BCUT2D eigenvalue weighted by Crippen LogP contribution is 2.33. The first kappa shape index (κ1) is 18.1. The number of amides is 1. The fourth-order valence-electron chi connectivity index (χ4n) is 4.35. The second-order valence-corrected chi connectivity index (χ2v) is 7.02. The Kier molecular flexibility index (Phi) is 5.84. The van der Waals surface area contributed by atoms with Gasteiger partial charge in [-0.3, -0.25) is 9.69 Å². The molecule has 2 aliphatic rings. The van der Waals surface area contributed by atoms with Gasteiger partial charge < -0.3 is 14.4 Å². The van der Waals surface area contributed by atoms with E-state index in [4.69, 9.17) is 9.47 Å². The minimum atomic E-state index is 0.220. The summed E-state index contributed by atoms with van der Waals surface area (Å²) < 4.78 is 11.1. The van der Waals surface area contributed by atoms with Gasteiger partial charge in [0.1, 0.15) is 0 Å². The Morgan fingerprint density at radius 1 is 1.16 bits per heavy atom. The maximum absolute atomic E-state index is 11.9. The van der Waals surface area contributed by atoms with E-state index in [1.54, 1.807) is 14.0 Å². The summed E-state index contributed by atoms with van der Waals surface area (Å²) in [6.45, 7) is 7.21. The first-order chi connectivity index (χ1) is 12.1. The van der Waals surface area contributed by atoms with Crippen molar-refractivity contribution >= 4 is 5.91 Å². The number of hydrogen-bond donors (Lipinski definition) is 0. The van der Waals surface area contributed by atoms with Crippen LogP contribution in [0.1, 0.15) is 45.1 Å². The Hall–Kier alpha value is -1.75. The van der Waals surface area contributed by atoms with Crippen molar-refractivity contribution in [3.8, 4) is 11.5 Å². The number of fused-ring (bicyclic) bond motifs is 1. The van der Waals surface area contributed by atoms with Gasteiger partial charge in [-0.1, -0.05) is 12.5 Å². The van der Waals surface area contributed by atoms with Crippen molar-refractivity contribution in [2.24, 2.45) is 0 Å². The third-order valence-corrected chi connectivity index (χ3v) is 5.49. The molecular formula is C20H30N2O3. The second kappa shape index (κ2) is 8.09. The van der Waals surface area contributed by atoms with Crippen molar-refractivity contribution in [2.75, 3.05) is 26.8 Å². The summed E-state index contributed by atoms with van der Waals surface area (Å²) in [6.07, 6.45) is 4.62. The van der Waals surface area contributed by atoms with Gasteiger partial charge in [-0.15, -0.1) is 0 Å². The molecule has 0 aromatic heterocycles. The van der Waals surface area contributed by atoms with Gasteiger partial charge >= 0.3 is 0 Å². The highest BCUT2D eigenvalue weighted by molar-refractivity contribution is 5.74. The van der Waals surface area contributed by atoms with Crippen LogP contribution < -0.4 is 9.47 Å². The van der Waals surface area contributed by atoms with Gasteiger partial charge in [0.2, 0.25) is 5.91 Å². The van der Waals surface area contributed by atoms with E-state index in [-0.39, 0.29) is 5.91 Å². The number of benzene rings is 1. The van der Waals surface area contributed by atoms with Crippen molar-refractivity contribution in [2.45, 2.75) is 58.2 Å².